The Hall–Kier alpha value is -1.95. The summed E-state index contributed by atoms with van der Waals surface area (Å²) >= 11 is 0. The van der Waals surface area contributed by atoms with Crippen LogP contribution in [0, 0.1) is 11.7 Å². The van der Waals surface area contributed by atoms with Gasteiger partial charge in [-0.1, -0.05) is 13.8 Å². The van der Waals surface area contributed by atoms with Gasteiger partial charge in [0.25, 0.3) is 0 Å². The first-order chi connectivity index (χ1) is 10.1. The largest absolute Gasteiger partial charge is 0.485 e. The molecular weight excluding hydrogens is 271 g/mol. The maximum Gasteiger partial charge on any atom is 0.164 e. The molecule has 0 saturated heterocycles. The zero-order chi connectivity index (χ0) is 15.2. The van der Waals surface area contributed by atoms with Gasteiger partial charge in [-0.05, 0) is 31.2 Å². The van der Waals surface area contributed by atoms with Crippen LogP contribution in [0.25, 0.3) is 0 Å². The number of nitrogens with one attached hydrogen (secondary N) is 1. The molecule has 21 heavy (non-hydrogen) atoms. The molecule has 1 heterocycles. The van der Waals surface area contributed by atoms with Gasteiger partial charge in [0.05, 0.1) is 0 Å². The topological polar surface area (TPSA) is 52.0 Å². The Kier molecular flexibility index (Phi) is 5.27. The molecule has 0 radical (unpaired) electrons. The summed E-state index contributed by atoms with van der Waals surface area (Å²) in [6.07, 6.45) is 1.53. The predicted molar refractivity (Wildman–Crippen MR) is 78.4 cm³/mol. The maximum atomic E-state index is 13.3. The van der Waals surface area contributed by atoms with Gasteiger partial charge in [-0.3, -0.25) is 0 Å². The van der Waals surface area contributed by atoms with Gasteiger partial charge in [0.15, 0.2) is 5.82 Å². The zero-order valence-electron chi connectivity index (χ0n) is 12.6. The minimum atomic E-state index is -0.268. The van der Waals surface area contributed by atoms with Gasteiger partial charge in [0.2, 0.25) is 0 Å². The Morgan fingerprint density at radius 1 is 1.38 bits per heavy atom. The van der Waals surface area contributed by atoms with E-state index in [0.717, 1.165) is 17.9 Å². The molecule has 0 bridgehead atoms. The molecule has 0 aliphatic rings. The van der Waals surface area contributed by atoms with Crippen LogP contribution in [0.3, 0.4) is 0 Å². The normalized spacial score (nSPS) is 11.1. The molecular formula is C15H21FN4O. The summed E-state index contributed by atoms with van der Waals surface area (Å²) in [6.45, 7) is 5.90. The second-order valence-electron chi connectivity index (χ2n) is 5.32. The summed E-state index contributed by atoms with van der Waals surface area (Å²) in [5.41, 5.74) is 0.785. The molecule has 5 nitrogen and oxygen atoms in total. The van der Waals surface area contributed by atoms with Gasteiger partial charge in [0, 0.05) is 18.7 Å². The highest BCUT2D eigenvalue weighted by Crippen LogP contribution is 2.20. The Labute approximate surface area is 124 Å². The second-order valence-corrected chi connectivity index (χ2v) is 5.32. The van der Waals surface area contributed by atoms with Crippen molar-refractivity contribution in [3.05, 3.63) is 41.7 Å². The Balaban J connectivity index is 2.08. The third-order valence-corrected chi connectivity index (χ3v) is 2.98. The van der Waals surface area contributed by atoms with Gasteiger partial charge < -0.3 is 10.1 Å². The number of aromatic nitrogens is 3. The highest BCUT2D eigenvalue weighted by Gasteiger charge is 2.09. The average Bonchev–Trinajstić information content (AvgIpc) is 2.85. The van der Waals surface area contributed by atoms with Gasteiger partial charge in [-0.25, -0.2) is 14.1 Å². The molecule has 0 spiro atoms. The van der Waals surface area contributed by atoms with Crippen molar-refractivity contribution in [3.63, 3.8) is 0 Å². The van der Waals surface area contributed by atoms with Crippen LogP contribution in [0.1, 0.15) is 25.2 Å². The lowest BCUT2D eigenvalue weighted by atomic mass is 10.2. The van der Waals surface area contributed by atoms with Crippen molar-refractivity contribution in [2.24, 2.45) is 5.92 Å². The van der Waals surface area contributed by atoms with Crippen molar-refractivity contribution in [1.82, 2.24) is 20.1 Å². The van der Waals surface area contributed by atoms with Crippen LogP contribution in [-0.4, -0.2) is 21.8 Å². The van der Waals surface area contributed by atoms with E-state index < -0.39 is 0 Å². The SMILES string of the molecule is CNCc1cc(F)ccc1OCc1ncnn1CC(C)C. The fourth-order valence-electron chi connectivity index (χ4n) is 2.06. The molecule has 0 aliphatic carbocycles. The van der Waals surface area contributed by atoms with Crippen LogP contribution in [-0.2, 0) is 19.7 Å². The van der Waals surface area contributed by atoms with E-state index >= 15 is 0 Å². The lowest BCUT2D eigenvalue weighted by Crippen LogP contribution is -2.13. The highest BCUT2D eigenvalue weighted by molar-refractivity contribution is 5.33. The number of hydrogen-bond acceptors (Lipinski definition) is 4. The van der Waals surface area contributed by atoms with E-state index in [4.69, 9.17) is 4.74 Å². The van der Waals surface area contributed by atoms with Crippen LogP contribution >= 0.6 is 0 Å². The number of ether oxygens (including phenoxy) is 1. The average molecular weight is 292 g/mol. The lowest BCUT2D eigenvalue weighted by molar-refractivity contribution is 0.279. The molecule has 1 N–H and O–H groups in total. The fraction of sp³-hybridized carbons (Fsp3) is 0.467. The van der Waals surface area contributed by atoms with Crippen molar-refractivity contribution in [2.45, 2.75) is 33.5 Å². The van der Waals surface area contributed by atoms with Gasteiger partial charge in [-0.2, -0.15) is 5.10 Å². The van der Waals surface area contributed by atoms with Crippen LogP contribution in [0.5, 0.6) is 5.75 Å². The van der Waals surface area contributed by atoms with E-state index in [9.17, 15) is 4.39 Å². The summed E-state index contributed by atoms with van der Waals surface area (Å²) in [6, 6.07) is 4.52. The summed E-state index contributed by atoms with van der Waals surface area (Å²) in [5, 5.41) is 7.20. The number of benzene rings is 1. The maximum absolute atomic E-state index is 13.3. The second kappa shape index (κ2) is 7.17. The summed E-state index contributed by atoms with van der Waals surface area (Å²) in [7, 11) is 1.81. The van der Waals surface area contributed by atoms with Gasteiger partial charge in [-0.15, -0.1) is 0 Å². The molecule has 0 unspecified atom stereocenters. The third kappa shape index (κ3) is 4.26. The molecule has 0 fully saturated rings. The molecule has 0 saturated carbocycles. The monoisotopic (exact) mass is 292 g/mol. The van der Waals surface area contributed by atoms with Crippen LogP contribution in [0.15, 0.2) is 24.5 Å². The van der Waals surface area contributed by atoms with Crippen LogP contribution in [0.2, 0.25) is 0 Å². The fourth-order valence-corrected chi connectivity index (χ4v) is 2.06. The Morgan fingerprint density at radius 2 is 2.19 bits per heavy atom. The van der Waals surface area contributed by atoms with E-state index in [1.54, 1.807) is 6.07 Å². The van der Waals surface area contributed by atoms with E-state index in [1.807, 2.05) is 11.7 Å². The third-order valence-electron chi connectivity index (χ3n) is 2.98. The molecule has 0 amide bonds. The Bertz CT molecular complexity index is 583. The molecule has 0 atom stereocenters. The standard InChI is InChI=1S/C15H21FN4O/c1-11(2)8-20-15(18-10-19-20)9-21-14-5-4-13(16)6-12(14)7-17-3/h4-6,10-11,17H,7-9H2,1-3H3. The number of hydrogen-bond donors (Lipinski definition) is 1. The number of rotatable bonds is 7. The van der Waals surface area contributed by atoms with E-state index in [1.165, 1.54) is 18.5 Å². The first kappa shape index (κ1) is 15.4. The van der Waals surface area contributed by atoms with Crippen molar-refractivity contribution >= 4 is 0 Å². The van der Waals surface area contributed by atoms with Crippen LogP contribution < -0.4 is 10.1 Å². The van der Waals surface area contributed by atoms with Gasteiger partial charge in [0.1, 0.15) is 24.5 Å². The predicted octanol–water partition coefficient (Wildman–Crippen LogP) is 2.37. The number of halogens is 1. The first-order valence-electron chi connectivity index (χ1n) is 7.02. The summed E-state index contributed by atoms with van der Waals surface area (Å²) in [4.78, 5) is 4.21. The van der Waals surface area contributed by atoms with E-state index in [0.29, 0.717) is 24.8 Å². The number of nitrogens with zero attached hydrogens (tertiary/aromatic N) is 3. The highest BCUT2D eigenvalue weighted by atomic mass is 19.1. The van der Waals surface area contributed by atoms with Crippen molar-refractivity contribution in [3.8, 4) is 5.75 Å². The lowest BCUT2D eigenvalue weighted by Gasteiger charge is -2.12. The molecule has 2 rings (SSSR count). The van der Waals surface area contributed by atoms with E-state index in [2.05, 4.69) is 29.2 Å². The van der Waals surface area contributed by atoms with Crippen molar-refractivity contribution in [2.75, 3.05) is 7.05 Å². The molecule has 1 aromatic carbocycles. The molecule has 0 aliphatic heterocycles. The van der Waals surface area contributed by atoms with Crippen LogP contribution in [0.4, 0.5) is 4.39 Å². The van der Waals surface area contributed by atoms with Crippen molar-refractivity contribution in [1.29, 1.82) is 0 Å². The van der Waals surface area contributed by atoms with Crippen molar-refractivity contribution < 1.29 is 9.13 Å². The smallest absolute Gasteiger partial charge is 0.164 e. The summed E-state index contributed by atoms with van der Waals surface area (Å²) in [5.74, 6) is 1.64. The van der Waals surface area contributed by atoms with Gasteiger partial charge >= 0.3 is 0 Å². The zero-order valence-corrected chi connectivity index (χ0v) is 12.6. The molecule has 1 aromatic heterocycles. The minimum Gasteiger partial charge on any atom is -0.485 e. The summed E-state index contributed by atoms with van der Waals surface area (Å²) < 4.78 is 20.9. The Morgan fingerprint density at radius 3 is 2.90 bits per heavy atom. The molecule has 114 valence electrons. The molecule has 2 aromatic rings. The minimum absolute atomic E-state index is 0.268. The van der Waals surface area contributed by atoms with E-state index in [-0.39, 0.29) is 5.82 Å². The first-order valence-corrected chi connectivity index (χ1v) is 7.02. The molecule has 6 heteroatoms. The quantitative estimate of drug-likeness (QED) is 0.851.